The molecule has 0 aliphatic carbocycles. The van der Waals surface area contributed by atoms with Gasteiger partial charge in [0.1, 0.15) is 5.69 Å². The molecule has 1 aliphatic heterocycles. The normalized spacial score (nSPS) is 16.3. The molecule has 1 saturated heterocycles. The van der Waals surface area contributed by atoms with Gasteiger partial charge in [0.25, 0.3) is 5.69 Å². The fourth-order valence-corrected chi connectivity index (χ4v) is 3.31. The summed E-state index contributed by atoms with van der Waals surface area (Å²) >= 11 is 5.23. The van der Waals surface area contributed by atoms with Crippen LogP contribution in [0.5, 0.6) is 0 Å². The summed E-state index contributed by atoms with van der Waals surface area (Å²) in [7, 11) is 0. The zero-order chi connectivity index (χ0) is 13.7. The summed E-state index contributed by atoms with van der Waals surface area (Å²) in [5.74, 6) is 2.36. The Morgan fingerprint density at radius 2 is 2.16 bits per heavy atom. The summed E-state index contributed by atoms with van der Waals surface area (Å²) in [6, 6.07) is 5.08. The van der Waals surface area contributed by atoms with Crippen molar-refractivity contribution in [1.82, 2.24) is 4.90 Å². The van der Waals surface area contributed by atoms with Gasteiger partial charge in [0, 0.05) is 48.2 Å². The minimum atomic E-state index is -0.357. The predicted molar refractivity (Wildman–Crippen MR) is 83.1 cm³/mol. The van der Waals surface area contributed by atoms with Crippen molar-refractivity contribution in [2.24, 2.45) is 0 Å². The summed E-state index contributed by atoms with van der Waals surface area (Å²) in [6.45, 7) is 3.87. The van der Waals surface area contributed by atoms with Crippen LogP contribution in [0.25, 0.3) is 0 Å². The second-order valence-electron chi connectivity index (χ2n) is 4.30. The lowest BCUT2D eigenvalue weighted by molar-refractivity contribution is -0.384. The first-order valence-electron chi connectivity index (χ1n) is 6.15. The monoisotopic (exact) mass is 345 g/mol. The average molecular weight is 346 g/mol. The van der Waals surface area contributed by atoms with E-state index in [0.29, 0.717) is 5.69 Å². The lowest BCUT2D eigenvalue weighted by atomic mass is 10.2. The smallest absolute Gasteiger partial charge is 0.293 e. The van der Waals surface area contributed by atoms with E-state index in [1.165, 1.54) is 17.6 Å². The number of benzene rings is 1. The van der Waals surface area contributed by atoms with Gasteiger partial charge in [0.05, 0.1) is 4.92 Å². The fraction of sp³-hybridized carbons (Fsp3) is 0.500. The van der Waals surface area contributed by atoms with Crippen LogP contribution in [-0.4, -0.2) is 47.5 Å². The Hall–Kier alpha value is -0.790. The third kappa shape index (κ3) is 4.36. The van der Waals surface area contributed by atoms with Gasteiger partial charge in [-0.15, -0.1) is 0 Å². The van der Waals surface area contributed by atoms with Crippen LogP contribution in [0.2, 0.25) is 0 Å². The highest BCUT2D eigenvalue weighted by atomic mass is 79.9. The molecule has 2 rings (SSSR count). The number of thioether (sulfide) groups is 1. The number of rotatable bonds is 5. The first-order valence-corrected chi connectivity index (χ1v) is 8.09. The molecule has 0 radical (unpaired) electrons. The van der Waals surface area contributed by atoms with E-state index in [2.05, 4.69) is 26.1 Å². The minimum Gasteiger partial charge on any atom is -0.378 e. The van der Waals surface area contributed by atoms with Crippen molar-refractivity contribution in [2.45, 2.75) is 0 Å². The average Bonchev–Trinajstić information content (AvgIpc) is 2.41. The van der Waals surface area contributed by atoms with Crippen LogP contribution >= 0.6 is 27.7 Å². The first-order chi connectivity index (χ1) is 9.16. The Bertz CT molecular complexity index is 453. The molecule has 0 saturated carbocycles. The van der Waals surface area contributed by atoms with E-state index in [1.807, 2.05) is 17.8 Å². The van der Waals surface area contributed by atoms with Crippen LogP contribution in [0.15, 0.2) is 22.7 Å². The number of nitro groups is 1. The van der Waals surface area contributed by atoms with Crippen molar-refractivity contribution in [1.29, 1.82) is 0 Å². The van der Waals surface area contributed by atoms with Crippen LogP contribution in [0.1, 0.15) is 0 Å². The zero-order valence-corrected chi connectivity index (χ0v) is 12.9. The summed E-state index contributed by atoms with van der Waals surface area (Å²) in [5.41, 5.74) is 0.697. The number of nitro benzene ring substituents is 1. The zero-order valence-electron chi connectivity index (χ0n) is 10.5. The van der Waals surface area contributed by atoms with Crippen LogP contribution < -0.4 is 5.32 Å². The van der Waals surface area contributed by atoms with Crippen LogP contribution in [0.4, 0.5) is 11.4 Å². The SMILES string of the molecule is O=[N+]([O-])c1cc(Br)ccc1NCCN1CCSCC1. The molecule has 0 aromatic heterocycles. The van der Waals surface area contributed by atoms with Crippen molar-refractivity contribution < 1.29 is 4.92 Å². The molecule has 0 unspecified atom stereocenters. The maximum atomic E-state index is 11.0. The lowest BCUT2D eigenvalue weighted by Gasteiger charge is -2.26. The van der Waals surface area contributed by atoms with Crippen molar-refractivity contribution in [3.8, 4) is 0 Å². The second kappa shape index (κ2) is 7.12. The van der Waals surface area contributed by atoms with E-state index < -0.39 is 0 Å². The molecule has 1 heterocycles. The van der Waals surface area contributed by atoms with Gasteiger partial charge in [-0.3, -0.25) is 15.0 Å². The summed E-state index contributed by atoms with van der Waals surface area (Å²) in [6.07, 6.45) is 0. The topological polar surface area (TPSA) is 58.4 Å². The molecule has 1 fully saturated rings. The molecule has 104 valence electrons. The number of halogens is 1. The van der Waals surface area contributed by atoms with Gasteiger partial charge < -0.3 is 5.32 Å². The van der Waals surface area contributed by atoms with Crippen LogP contribution in [0, 0.1) is 10.1 Å². The molecule has 0 bridgehead atoms. The van der Waals surface area contributed by atoms with Gasteiger partial charge in [-0.05, 0) is 12.1 Å². The molecule has 19 heavy (non-hydrogen) atoms. The Labute approximate surface area is 125 Å². The standard InChI is InChI=1S/C12H16BrN3O2S/c13-10-1-2-11(12(9-10)16(17)18)14-3-4-15-5-7-19-8-6-15/h1-2,9,14H,3-8H2. The van der Waals surface area contributed by atoms with Crippen LogP contribution in [0.3, 0.4) is 0 Å². The molecule has 1 N–H and O–H groups in total. The van der Waals surface area contributed by atoms with E-state index in [9.17, 15) is 10.1 Å². The van der Waals surface area contributed by atoms with Crippen LogP contribution in [-0.2, 0) is 0 Å². The number of hydrogen-bond acceptors (Lipinski definition) is 5. The molecular weight excluding hydrogens is 330 g/mol. The quantitative estimate of drug-likeness (QED) is 0.656. The molecule has 7 heteroatoms. The van der Waals surface area contributed by atoms with Crippen molar-refractivity contribution in [3.05, 3.63) is 32.8 Å². The molecule has 0 spiro atoms. The summed E-state index contributed by atoms with van der Waals surface area (Å²) in [4.78, 5) is 13.0. The molecule has 0 atom stereocenters. The third-order valence-electron chi connectivity index (χ3n) is 3.00. The van der Waals surface area contributed by atoms with E-state index >= 15 is 0 Å². The Morgan fingerprint density at radius 3 is 2.84 bits per heavy atom. The Kier molecular flexibility index (Phi) is 5.47. The second-order valence-corrected chi connectivity index (χ2v) is 6.44. The third-order valence-corrected chi connectivity index (χ3v) is 4.44. The number of hydrogen-bond donors (Lipinski definition) is 1. The molecule has 0 amide bonds. The Balaban J connectivity index is 1.89. The molecule has 1 aromatic rings. The van der Waals surface area contributed by atoms with Gasteiger partial charge in [0.15, 0.2) is 0 Å². The number of nitrogens with one attached hydrogen (secondary N) is 1. The van der Waals surface area contributed by atoms with Crippen molar-refractivity contribution in [3.63, 3.8) is 0 Å². The van der Waals surface area contributed by atoms with Gasteiger partial charge in [-0.2, -0.15) is 11.8 Å². The van der Waals surface area contributed by atoms with Crippen molar-refractivity contribution in [2.75, 3.05) is 43.0 Å². The van der Waals surface area contributed by atoms with E-state index in [-0.39, 0.29) is 10.6 Å². The summed E-state index contributed by atoms with van der Waals surface area (Å²) < 4.78 is 0.720. The van der Waals surface area contributed by atoms with Crippen molar-refractivity contribution >= 4 is 39.1 Å². The molecule has 1 aromatic carbocycles. The number of nitrogens with zero attached hydrogens (tertiary/aromatic N) is 2. The highest BCUT2D eigenvalue weighted by molar-refractivity contribution is 9.10. The predicted octanol–water partition coefficient (Wildman–Crippen LogP) is 2.82. The summed E-state index contributed by atoms with van der Waals surface area (Å²) in [5, 5.41) is 14.1. The maximum absolute atomic E-state index is 11.0. The number of anilines is 1. The van der Waals surface area contributed by atoms with E-state index in [4.69, 9.17) is 0 Å². The minimum absolute atomic E-state index is 0.114. The molecular formula is C12H16BrN3O2S. The first kappa shape index (κ1) is 14.6. The van der Waals surface area contributed by atoms with E-state index in [1.54, 1.807) is 6.07 Å². The van der Waals surface area contributed by atoms with Gasteiger partial charge in [0.2, 0.25) is 0 Å². The highest BCUT2D eigenvalue weighted by Gasteiger charge is 2.14. The lowest BCUT2D eigenvalue weighted by Crippen LogP contribution is -2.36. The molecule has 5 nitrogen and oxygen atoms in total. The van der Waals surface area contributed by atoms with E-state index in [0.717, 1.165) is 30.7 Å². The van der Waals surface area contributed by atoms with Gasteiger partial charge in [-0.1, -0.05) is 15.9 Å². The highest BCUT2D eigenvalue weighted by Crippen LogP contribution is 2.27. The molecule has 1 aliphatic rings. The Morgan fingerprint density at radius 1 is 1.42 bits per heavy atom. The fourth-order valence-electron chi connectivity index (χ4n) is 1.98. The maximum Gasteiger partial charge on any atom is 0.293 e. The van der Waals surface area contributed by atoms with Gasteiger partial charge >= 0.3 is 0 Å². The van der Waals surface area contributed by atoms with Gasteiger partial charge in [-0.25, -0.2) is 0 Å². The largest absolute Gasteiger partial charge is 0.378 e.